The number of carbonyl (C=O) groups is 3. The minimum absolute atomic E-state index is 0.0399. The highest BCUT2D eigenvalue weighted by molar-refractivity contribution is 7.89. The predicted molar refractivity (Wildman–Crippen MR) is 118 cm³/mol. The molecule has 3 amide bonds. The van der Waals surface area contributed by atoms with Gasteiger partial charge in [0.15, 0.2) is 0 Å². The van der Waals surface area contributed by atoms with E-state index >= 15 is 0 Å². The van der Waals surface area contributed by atoms with Crippen molar-refractivity contribution in [3.63, 3.8) is 0 Å². The highest BCUT2D eigenvalue weighted by Gasteiger charge is 2.19. The molecule has 0 aliphatic heterocycles. The van der Waals surface area contributed by atoms with Crippen molar-refractivity contribution in [1.29, 1.82) is 0 Å². The van der Waals surface area contributed by atoms with Crippen molar-refractivity contribution >= 4 is 38.6 Å². The van der Waals surface area contributed by atoms with Gasteiger partial charge in [0.1, 0.15) is 0 Å². The topological polar surface area (TPSA) is 130 Å². The van der Waals surface area contributed by atoms with Gasteiger partial charge in [-0.3, -0.25) is 25.2 Å². The lowest BCUT2D eigenvalue weighted by molar-refractivity contribution is -0.120. The average molecular weight is 458 g/mol. The lowest BCUT2D eigenvalue weighted by Crippen LogP contribution is -2.46. The Hall–Kier alpha value is -3.70. The summed E-state index contributed by atoms with van der Waals surface area (Å²) < 4.78 is 27.3. The van der Waals surface area contributed by atoms with Crippen LogP contribution in [0.1, 0.15) is 20.7 Å². The van der Waals surface area contributed by atoms with Crippen LogP contribution in [0.5, 0.6) is 0 Å². The van der Waals surface area contributed by atoms with Crippen LogP contribution in [0.2, 0.25) is 0 Å². The van der Waals surface area contributed by atoms with Gasteiger partial charge >= 0.3 is 0 Å². The quantitative estimate of drug-likeness (QED) is 0.467. The number of fused-ring (bicyclic) bond motifs is 1. The van der Waals surface area contributed by atoms with E-state index in [2.05, 4.69) is 16.2 Å². The molecule has 0 bridgehead atoms. The Bertz CT molecular complexity index is 1300. The lowest BCUT2D eigenvalue weighted by Gasteiger charge is -2.12. The van der Waals surface area contributed by atoms with Gasteiger partial charge in [-0.15, -0.1) is 0 Å². The van der Waals surface area contributed by atoms with E-state index in [9.17, 15) is 22.8 Å². The summed E-state index contributed by atoms with van der Waals surface area (Å²) in [4.78, 5) is 36.8. The number of benzene rings is 2. The van der Waals surface area contributed by atoms with Crippen LogP contribution in [-0.2, 0) is 21.9 Å². The molecule has 0 fully saturated rings. The van der Waals surface area contributed by atoms with Gasteiger partial charge in [-0.05, 0) is 24.3 Å². The second-order valence-corrected chi connectivity index (χ2v) is 9.32. The second-order valence-electron chi connectivity index (χ2n) is 7.17. The van der Waals surface area contributed by atoms with Gasteiger partial charge in [-0.2, -0.15) is 0 Å². The number of rotatable bonds is 6. The first-order valence-electron chi connectivity index (χ1n) is 9.55. The number of hydrazine groups is 1. The summed E-state index contributed by atoms with van der Waals surface area (Å²) in [5, 5.41) is 3.13. The third-order valence-electron chi connectivity index (χ3n) is 4.74. The van der Waals surface area contributed by atoms with Gasteiger partial charge in [0.2, 0.25) is 10.0 Å². The molecule has 3 rings (SSSR count). The maximum absolute atomic E-state index is 12.4. The molecule has 0 atom stereocenters. The molecule has 10 nitrogen and oxygen atoms in total. The molecule has 0 radical (unpaired) electrons. The smallest absolute Gasteiger partial charge is 0.271 e. The van der Waals surface area contributed by atoms with E-state index in [4.69, 9.17) is 0 Å². The summed E-state index contributed by atoms with van der Waals surface area (Å²) in [6.45, 7) is -0.417. The fraction of sp³-hybridized carbons (Fsp3) is 0.190. The van der Waals surface area contributed by atoms with Gasteiger partial charge in [0, 0.05) is 43.8 Å². The van der Waals surface area contributed by atoms with Gasteiger partial charge in [-0.1, -0.05) is 24.3 Å². The van der Waals surface area contributed by atoms with Crippen LogP contribution in [-0.4, -0.2) is 55.7 Å². The van der Waals surface area contributed by atoms with Crippen LogP contribution in [0.3, 0.4) is 0 Å². The van der Waals surface area contributed by atoms with Gasteiger partial charge in [0.05, 0.1) is 17.0 Å². The Labute approximate surface area is 185 Å². The minimum Gasteiger partial charge on any atom is -0.350 e. The van der Waals surface area contributed by atoms with Crippen molar-refractivity contribution in [1.82, 2.24) is 25.0 Å². The number of nitrogens with one attached hydrogen (secondary N) is 3. The molecule has 168 valence electrons. The normalized spacial score (nSPS) is 11.4. The van der Waals surface area contributed by atoms with Crippen LogP contribution in [0.4, 0.5) is 0 Å². The summed E-state index contributed by atoms with van der Waals surface area (Å²) in [7, 11) is 0.889. The summed E-state index contributed by atoms with van der Waals surface area (Å²) in [6, 6.07) is 12.8. The Morgan fingerprint density at radius 2 is 1.69 bits per heavy atom. The number of aryl methyl sites for hydroxylation is 1. The van der Waals surface area contributed by atoms with Crippen molar-refractivity contribution < 1.29 is 22.8 Å². The molecule has 11 heteroatoms. The number of nitrogens with zero attached hydrogens (tertiary/aromatic N) is 2. The van der Waals surface area contributed by atoms with E-state index in [-0.39, 0.29) is 10.5 Å². The fourth-order valence-corrected chi connectivity index (χ4v) is 3.98. The second kappa shape index (κ2) is 9.20. The molecule has 1 aromatic heterocycles. The molecule has 3 N–H and O–H groups in total. The molecule has 2 aromatic carbocycles. The third kappa shape index (κ3) is 4.79. The molecule has 0 aliphatic carbocycles. The van der Waals surface area contributed by atoms with Crippen LogP contribution < -0.4 is 16.2 Å². The zero-order valence-electron chi connectivity index (χ0n) is 17.7. The van der Waals surface area contributed by atoms with Crippen molar-refractivity contribution in [2.75, 3.05) is 20.6 Å². The molecule has 0 spiro atoms. The highest BCUT2D eigenvalue weighted by atomic mass is 32.2. The summed E-state index contributed by atoms with van der Waals surface area (Å²) in [6.07, 6.45) is 1.66. The Morgan fingerprint density at radius 1 is 0.969 bits per heavy atom. The largest absolute Gasteiger partial charge is 0.350 e. The average Bonchev–Trinajstić information content (AvgIpc) is 3.12. The number of aromatic nitrogens is 1. The predicted octanol–water partition coefficient (Wildman–Crippen LogP) is 0.620. The van der Waals surface area contributed by atoms with Crippen molar-refractivity contribution in [3.05, 3.63) is 65.9 Å². The highest BCUT2D eigenvalue weighted by Crippen LogP contribution is 2.20. The molecule has 0 aliphatic rings. The zero-order chi connectivity index (χ0) is 23.5. The van der Waals surface area contributed by atoms with Gasteiger partial charge in [-0.25, -0.2) is 12.7 Å². The zero-order valence-corrected chi connectivity index (χ0v) is 18.6. The van der Waals surface area contributed by atoms with Gasteiger partial charge < -0.3 is 9.88 Å². The SMILES string of the molecule is CN(C)S(=O)(=O)c1cccc(C(=O)NCC(=O)NNC(=O)c2cn(C)c3ccccc23)c1. The van der Waals surface area contributed by atoms with E-state index < -0.39 is 34.3 Å². The van der Waals surface area contributed by atoms with E-state index in [1.54, 1.807) is 16.8 Å². The van der Waals surface area contributed by atoms with Crippen molar-refractivity contribution in [2.45, 2.75) is 4.90 Å². The van der Waals surface area contributed by atoms with Gasteiger partial charge in [0.25, 0.3) is 17.7 Å². The molecule has 0 saturated carbocycles. The first-order chi connectivity index (χ1) is 15.1. The fourth-order valence-electron chi connectivity index (χ4n) is 3.03. The summed E-state index contributed by atoms with van der Waals surface area (Å²) in [5.74, 6) is -1.77. The Kier molecular flexibility index (Phi) is 6.61. The summed E-state index contributed by atoms with van der Waals surface area (Å²) in [5.41, 5.74) is 5.92. The lowest BCUT2D eigenvalue weighted by atomic mass is 10.2. The molecular weight excluding hydrogens is 434 g/mol. The minimum atomic E-state index is -3.70. The molecular formula is C21H23N5O5S. The molecule has 0 saturated heterocycles. The van der Waals surface area contributed by atoms with E-state index in [0.717, 1.165) is 15.2 Å². The molecule has 0 unspecified atom stereocenters. The number of hydrogen-bond donors (Lipinski definition) is 3. The van der Waals surface area contributed by atoms with Crippen LogP contribution in [0.15, 0.2) is 59.6 Å². The van der Waals surface area contributed by atoms with Crippen LogP contribution in [0, 0.1) is 0 Å². The van der Waals surface area contributed by atoms with E-state index in [0.29, 0.717) is 5.56 Å². The number of amides is 3. The van der Waals surface area contributed by atoms with E-state index in [1.165, 1.54) is 38.4 Å². The Morgan fingerprint density at radius 3 is 2.41 bits per heavy atom. The molecule has 3 aromatic rings. The molecule has 32 heavy (non-hydrogen) atoms. The van der Waals surface area contributed by atoms with E-state index in [1.807, 2.05) is 25.2 Å². The third-order valence-corrected chi connectivity index (χ3v) is 6.55. The van der Waals surface area contributed by atoms with Crippen LogP contribution >= 0.6 is 0 Å². The number of sulfonamides is 1. The summed E-state index contributed by atoms with van der Waals surface area (Å²) >= 11 is 0. The monoisotopic (exact) mass is 457 g/mol. The van der Waals surface area contributed by atoms with Crippen molar-refractivity contribution in [3.8, 4) is 0 Å². The first-order valence-corrected chi connectivity index (χ1v) is 11.0. The number of hydrogen-bond acceptors (Lipinski definition) is 5. The number of carbonyl (C=O) groups excluding carboxylic acids is 3. The van der Waals surface area contributed by atoms with Crippen molar-refractivity contribution in [2.24, 2.45) is 7.05 Å². The molecule has 1 heterocycles. The Balaban J connectivity index is 1.57. The maximum atomic E-state index is 12.4. The first kappa shape index (κ1) is 23.0. The standard InChI is InChI=1S/C21H23N5O5S/c1-25(2)32(30,31)15-8-6-7-14(11-15)20(28)22-12-19(27)23-24-21(29)17-13-26(3)18-10-5-4-9-16(17)18/h4-11,13H,12H2,1-3H3,(H,22,28)(H,23,27)(H,24,29). The maximum Gasteiger partial charge on any atom is 0.271 e. The van der Waals surface area contributed by atoms with Crippen LogP contribution in [0.25, 0.3) is 10.9 Å². The number of para-hydroxylation sites is 1.